The van der Waals surface area contributed by atoms with Gasteiger partial charge in [0.25, 0.3) is 0 Å². The lowest BCUT2D eigenvalue weighted by atomic mass is 9.92. The fourth-order valence-corrected chi connectivity index (χ4v) is 2.89. The van der Waals surface area contributed by atoms with Gasteiger partial charge in [0.05, 0.1) is 5.37 Å². The van der Waals surface area contributed by atoms with Crippen LogP contribution in [0.1, 0.15) is 27.2 Å². The first kappa shape index (κ1) is 10.9. The Morgan fingerprint density at radius 2 is 2.23 bits per heavy atom. The third-order valence-corrected chi connectivity index (χ3v) is 3.18. The lowest BCUT2D eigenvalue weighted by Gasteiger charge is -2.22. The summed E-state index contributed by atoms with van der Waals surface area (Å²) in [6.45, 7) is 6.51. The van der Waals surface area contributed by atoms with E-state index in [-0.39, 0.29) is 11.5 Å². The molecule has 13 heavy (non-hydrogen) atoms. The molecule has 0 aromatic heterocycles. The van der Waals surface area contributed by atoms with Crippen molar-refractivity contribution < 1.29 is 9.90 Å². The number of nitrogens with one attached hydrogen (secondary N) is 1. The van der Waals surface area contributed by atoms with Crippen LogP contribution < -0.4 is 5.32 Å². The summed E-state index contributed by atoms with van der Waals surface area (Å²) in [6, 6.07) is -0.350. The SMILES string of the molecule is CC(C)(C)C[C@@H]1N[C@@H](C(=O)O)CS1. The molecule has 0 aromatic carbocycles. The topological polar surface area (TPSA) is 49.3 Å². The zero-order valence-electron chi connectivity index (χ0n) is 8.33. The normalized spacial score (nSPS) is 29.2. The Morgan fingerprint density at radius 1 is 1.62 bits per heavy atom. The van der Waals surface area contributed by atoms with Crippen LogP contribution in [0.5, 0.6) is 0 Å². The second-order valence-electron chi connectivity index (χ2n) is 4.64. The van der Waals surface area contributed by atoms with Gasteiger partial charge in [-0.3, -0.25) is 10.1 Å². The Labute approximate surface area is 83.3 Å². The van der Waals surface area contributed by atoms with Crippen LogP contribution in [-0.4, -0.2) is 28.2 Å². The lowest BCUT2D eigenvalue weighted by molar-refractivity contribution is -0.138. The minimum Gasteiger partial charge on any atom is -0.480 e. The first-order valence-corrected chi connectivity index (χ1v) is 5.54. The molecular formula is C9H17NO2S. The minimum atomic E-state index is -0.732. The zero-order chi connectivity index (χ0) is 10.1. The van der Waals surface area contributed by atoms with Crippen molar-refractivity contribution >= 4 is 17.7 Å². The molecule has 1 aliphatic rings. The van der Waals surface area contributed by atoms with Crippen molar-refractivity contribution in [3.63, 3.8) is 0 Å². The number of carbonyl (C=O) groups is 1. The molecule has 1 aliphatic heterocycles. The minimum absolute atomic E-state index is 0.262. The first-order valence-electron chi connectivity index (χ1n) is 4.49. The molecule has 0 radical (unpaired) electrons. The summed E-state index contributed by atoms with van der Waals surface area (Å²) < 4.78 is 0. The monoisotopic (exact) mass is 203 g/mol. The van der Waals surface area contributed by atoms with Gasteiger partial charge in [-0.2, -0.15) is 0 Å². The van der Waals surface area contributed by atoms with Gasteiger partial charge in [0, 0.05) is 5.75 Å². The second kappa shape index (κ2) is 3.88. The molecule has 0 aromatic rings. The number of hydrogen-bond donors (Lipinski definition) is 2. The van der Waals surface area contributed by atoms with E-state index in [0.29, 0.717) is 11.1 Å². The van der Waals surface area contributed by atoms with Crippen LogP contribution in [0, 0.1) is 5.41 Å². The molecular weight excluding hydrogens is 186 g/mol. The molecule has 1 rings (SSSR count). The van der Waals surface area contributed by atoms with Crippen LogP contribution in [0.2, 0.25) is 0 Å². The molecule has 1 fully saturated rings. The van der Waals surface area contributed by atoms with Crippen LogP contribution >= 0.6 is 11.8 Å². The maximum Gasteiger partial charge on any atom is 0.321 e. The molecule has 1 heterocycles. The molecule has 0 aliphatic carbocycles. The number of carboxylic acid groups (broad SMARTS) is 1. The molecule has 0 saturated carbocycles. The molecule has 1 saturated heterocycles. The van der Waals surface area contributed by atoms with Gasteiger partial charge in [0.1, 0.15) is 6.04 Å². The van der Waals surface area contributed by atoms with Crippen LogP contribution in [0.4, 0.5) is 0 Å². The fourth-order valence-electron chi connectivity index (χ4n) is 1.35. The zero-order valence-corrected chi connectivity index (χ0v) is 9.15. The standard InChI is InChI=1S/C9H17NO2S/c1-9(2,3)4-7-10-6(5-13-7)8(11)12/h6-7,10H,4-5H2,1-3H3,(H,11,12)/t6-,7-/m1/s1. The van der Waals surface area contributed by atoms with Gasteiger partial charge >= 0.3 is 5.97 Å². The van der Waals surface area contributed by atoms with Crippen molar-refractivity contribution in [2.24, 2.45) is 5.41 Å². The van der Waals surface area contributed by atoms with E-state index in [1.165, 1.54) is 0 Å². The Morgan fingerprint density at radius 3 is 2.62 bits per heavy atom. The highest BCUT2D eigenvalue weighted by molar-refractivity contribution is 8.00. The van der Waals surface area contributed by atoms with E-state index in [0.717, 1.165) is 6.42 Å². The van der Waals surface area contributed by atoms with Gasteiger partial charge in [0.15, 0.2) is 0 Å². The predicted molar refractivity (Wildman–Crippen MR) is 54.9 cm³/mol. The van der Waals surface area contributed by atoms with Crippen molar-refractivity contribution in [1.82, 2.24) is 5.32 Å². The van der Waals surface area contributed by atoms with Gasteiger partial charge in [-0.05, 0) is 11.8 Å². The van der Waals surface area contributed by atoms with E-state index >= 15 is 0 Å². The summed E-state index contributed by atoms with van der Waals surface area (Å²) in [5.74, 6) is -0.0419. The molecule has 3 nitrogen and oxygen atoms in total. The van der Waals surface area contributed by atoms with E-state index in [2.05, 4.69) is 26.1 Å². The van der Waals surface area contributed by atoms with Crippen molar-refractivity contribution in [3.05, 3.63) is 0 Å². The molecule has 0 unspecified atom stereocenters. The lowest BCUT2D eigenvalue weighted by Crippen LogP contribution is -2.37. The van der Waals surface area contributed by atoms with Crippen LogP contribution in [0.25, 0.3) is 0 Å². The van der Waals surface area contributed by atoms with Crippen molar-refractivity contribution in [1.29, 1.82) is 0 Å². The van der Waals surface area contributed by atoms with Gasteiger partial charge in [-0.25, -0.2) is 0 Å². The van der Waals surface area contributed by atoms with Crippen LogP contribution in [0.3, 0.4) is 0 Å². The number of carboxylic acids is 1. The second-order valence-corrected chi connectivity index (χ2v) is 5.88. The number of thioether (sulfide) groups is 1. The van der Waals surface area contributed by atoms with Gasteiger partial charge in [-0.1, -0.05) is 20.8 Å². The predicted octanol–water partition coefficient (Wildman–Crippen LogP) is 1.54. The van der Waals surface area contributed by atoms with E-state index in [1.54, 1.807) is 11.8 Å². The molecule has 0 bridgehead atoms. The highest BCUT2D eigenvalue weighted by Crippen LogP contribution is 2.30. The third kappa shape index (κ3) is 3.56. The summed E-state index contributed by atoms with van der Waals surface area (Å²) in [5, 5.41) is 12.2. The number of hydrogen-bond acceptors (Lipinski definition) is 3. The van der Waals surface area contributed by atoms with E-state index < -0.39 is 5.97 Å². The Kier molecular flexibility index (Phi) is 3.24. The molecule has 2 N–H and O–H groups in total. The Bertz CT molecular complexity index is 200. The summed E-state index contributed by atoms with van der Waals surface area (Å²) in [4.78, 5) is 10.6. The van der Waals surface area contributed by atoms with Crippen LogP contribution in [-0.2, 0) is 4.79 Å². The molecule has 0 spiro atoms. The summed E-state index contributed by atoms with van der Waals surface area (Å²) >= 11 is 1.71. The largest absolute Gasteiger partial charge is 0.480 e. The summed E-state index contributed by atoms with van der Waals surface area (Å²) in [7, 11) is 0. The first-order chi connectivity index (χ1) is 5.88. The third-order valence-electron chi connectivity index (χ3n) is 1.95. The maximum atomic E-state index is 10.6. The van der Waals surface area contributed by atoms with Crippen molar-refractivity contribution in [3.8, 4) is 0 Å². The molecule has 2 atom stereocenters. The van der Waals surface area contributed by atoms with E-state index in [1.807, 2.05) is 0 Å². The Hall–Kier alpha value is -0.220. The summed E-state index contributed by atoms with van der Waals surface area (Å²) in [5.41, 5.74) is 0.262. The highest BCUT2D eigenvalue weighted by Gasteiger charge is 2.31. The van der Waals surface area contributed by atoms with Gasteiger partial charge in [-0.15, -0.1) is 11.8 Å². The molecule has 76 valence electrons. The van der Waals surface area contributed by atoms with Gasteiger partial charge in [0.2, 0.25) is 0 Å². The number of aliphatic carboxylic acids is 1. The average Bonchev–Trinajstić information content (AvgIpc) is 2.31. The molecule has 4 heteroatoms. The maximum absolute atomic E-state index is 10.6. The smallest absolute Gasteiger partial charge is 0.321 e. The fraction of sp³-hybridized carbons (Fsp3) is 0.889. The molecule has 0 amide bonds. The summed E-state index contributed by atoms with van der Waals surface area (Å²) in [6.07, 6.45) is 1.02. The average molecular weight is 203 g/mol. The number of rotatable bonds is 2. The van der Waals surface area contributed by atoms with E-state index in [9.17, 15) is 4.79 Å². The highest BCUT2D eigenvalue weighted by atomic mass is 32.2. The van der Waals surface area contributed by atoms with Crippen LogP contribution in [0.15, 0.2) is 0 Å². The van der Waals surface area contributed by atoms with E-state index in [4.69, 9.17) is 5.11 Å². The quantitative estimate of drug-likeness (QED) is 0.714. The Balaban J connectivity index is 2.38. The van der Waals surface area contributed by atoms with Gasteiger partial charge < -0.3 is 5.11 Å². The van der Waals surface area contributed by atoms with Crippen molar-refractivity contribution in [2.75, 3.05) is 5.75 Å². The van der Waals surface area contributed by atoms with Crippen molar-refractivity contribution in [2.45, 2.75) is 38.6 Å².